The van der Waals surface area contributed by atoms with Crippen molar-refractivity contribution in [1.29, 1.82) is 0 Å². The highest BCUT2D eigenvalue weighted by atomic mass is 35.5. The predicted octanol–water partition coefficient (Wildman–Crippen LogP) is 8.52. The molecule has 13 heteroatoms. The molecule has 1 heterocycles. The second-order valence-electron chi connectivity index (χ2n) is 15.0. The summed E-state index contributed by atoms with van der Waals surface area (Å²) >= 11 is 6.22. The Morgan fingerprint density at radius 1 is 0.754 bits per heavy atom. The number of ether oxygens (including phenoxy) is 2. The van der Waals surface area contributed by atoms with Crippen molar-refractivity contribution in [1.82, 2.24) is 19.7 Å². The average molecular weight is 799 g/mol. The number of benzene rings is 3. The van der Waals surface area contributed by atoms with E-state index in [1.54, 1.807) is 48.3 Å². The summed E-state index contributed by atoms with van der Waals surface area (Å²) in [6, 6.07) is 25.5. The SMILES string of the molecule is CCC(CC)N(CCN(C)C(=O)OC(C)(C)C)Cc1cccc(C(=O)Nc2ccc(Cl)nc2C(=O)Nc2ccc(CN(C)Cc3ccc(C(=O)OC)cc3)cc2)c1. The lowest BCUT2D eigenvalue weighted by Crippen LogP contribution is -2.42. The van der Waals surface area contributed by atoms with E-state index < -0.39 is 17.4 Å². The zero-order valence-corrected chi connectivity index (χ0v) is 35.0. The molecule has 3 amide bonds. The Morgan fingerprint density at radius 2 is 1.39 bits per heavy atom. The van der Waals surface area contributed by atoms with Crippen LogP contribution in [0.5, 0.6) is 0 Å². The van der Waals surface area contributed by atoms with Gasteiger partial charge in [-0.3, -0.25) is 19.4 Å². The molecule has 0 saturated carbocycles. The van der Waals surface area contributed by atoms with E-state index in [2.05, 4.69) is 39.3 Å². The van der Waals surface area contributed by atoms with Crippen molar-refractivity contribution in [2.45, 2.75) is 78.7 Å². The fourth-order valence-corrected chi connectivity index (χ4v) is 6.43. The Balaban J connectivity index is 1.39. The van der Waals surface area contributed by atoms with E-state index in [1.807, 2.05) is 70.3 Å². The number of hydrogen-bond donors (Lipinski definition) is 2. The van der Waals surface area contributed by atoms with E-state index in [4.69, 9.17) is 21.1 Å². The van der Waals surface area contributed by atoms with Gasteiger partial charge < -0.3 is 25.0 Å². The zero-order valence-electron chi connectivity index (χ0n) is 34.2. The summed E-state index contributed by atoms with van der Waals surface area (Å²) in [5.41, 5.74) is 4.12. The number of likely N-dealkylation sites (N-methyl/N-ethyl adjacent to an activating group) is 1. The van der Waals surface area contributed by atoms with Crippen LogP contribution in [0.4, 0.5) is 16.2 Å². The summed E-state index contributed by atoms with van der Waals surface area (Å²) in [5.74, 6) is -1.30. The van der Waals surface area contributed by atoms with Gasteiger partial charge in [0.15, 0.2) is 5.69 Å². The van der Waals surface area contributed by atoms with E-state index in [1.165, 1.54) is 13.2 Å². The van der Waals surface area contributed by atoms with Crippen molar-refractivity contribution in [2.24, 2.45) is 0 Å². The Labute approximate surface area is 341 Å². The van der Waals surface area contributed by atoms with Crippen molar-refractivity contribution < 1.29 is 28.7 Å². The van der Waals surface area contributed by atoms with Gasteiger partial charge in [0, 0.05) is 57.1 Å². The molecular formula is C44H55ClN6O6. The monoisotopic (exact) mass is 798 g/mol. The molecule has 4 rings (SSSR count). The Bertz CT molecular complexity index is 1980. The fourth-order valence-electron chi connectivity index (χ4n) is 6.28. The number of aromatic nitrogens is 1. The van der Waals surface area contributed by atoms with E-state index in [0.29, 0.717) is 49.5 Å². The van der Waals surface area contributed by atoms with E-state index in [0.717, 1.165) is 29.5 Å². The third kappa shape index (κ3) is 13.7. The first-order valence-electron chi connectivity index (χ1n) is 19.1. The normalized spacial score (nSPS) is 11.4. The number of methoxy groups -OCH3 is 1. The molecule has 2 N–H and O–H groups in total. The standard InChI is InChI=1S/C44H55ClN6O6/c1-9-36(10-2)51(25-24-50(7)43(55)57-44(3,4)5)29-32-12-11-13-34(26-32)40(52)47-37-22-23-38(45)48-39(37)41(53)46-35-20-16-31(17-21-35)28-49(6)27-30-14-18-33(19-15-30)42(54)56-8/h11-23,26,36H,9-10,24-25,27-29H2,1-8H3,(H,46,53)(H,47,52). The van der Waals surface area contributed by atoms with Crippen LogP contribution >= 0.6 is 11.6 Å². The van der Waals surface area contributed by atoms with Crippen LogP contribution in [0.1, 0.15) is 95.4 Å². The van der Waals surface area contributed by atoms with E-state index >= 15 is 0 Å². The van der Waals surface area contributed by atoms with Crippen LogP contribution in [0, 0.1) is 0 Å². The smallest absolute Gasteiger partial charge is 0.410 e. The summed E-state index contributed by atoms with van der Waals surface area (Å²) in [5, 5.41) is 5.83. The van der Waals surface area contributed by atoms with Crippen LogP contribution in [0.3, 0.4) is 0 Å². The molecule has 57 heavy (non-hydrogen) atoms. The quantitative estimate of drug-likeness (QED) is 0.0797. The minimum atomic E-state index is -0.578. The van der Waals surface area contributed by atoms with Gasteiger partial charge in [-0.05, 0) is 106 Å². The number of nitrogens with one attached hydrogen (secondary N) is 2. The third-order valence-corrected chi connectivity index (χ3v) is 9.49. The molecule has 0 bridgehead atoms. The fraction of sp³-hybridized carbons (Fsp3) is 0.386. The van der Waals surface area contributed by atoms with Crippen molar-refractivity contribution >= 4 is 46.9 Å². The van der Waals surface area contributed by atoms with Crippen molar-refractivity contribution in [3.05, 3.63) is 124 Å². The number of amides is 3. The third-order valence-electron chi connectivity index (χ3n) is 9.28. The molecule has 12 nitrogen and oxygen atoms in total. The molecule has 0 aliphatic rings. The zero-order chi connectivity index (χ0) is 41.7. The molecule has 0 spiro atoms. The summed E-state index contributed by atoms with van der Waals surface area (Å²) in [6.45, 7) is 12.8. The summed E-state index contributed by atoms with van der Waals surface area (Å²) in [6.07, 6.45) is 1.49. The largest absolute Gasteiger partial charge is 0.465 e. The Kier molecular flexibility index (Phi) is 16.2. The van der Waals surface area contributed by atoms with E-state index in [-0.39, 0.29) is 34.6 Å². The molecule has 0 unspecified atom stereocenters. The second kappa shape index (κ2) is 20.7. The lowest BCUT2D eigenvalue weighted by atomic mass is 10.1. The van der Waals surface area contributed by atoms with Crippen LogP contribution in [-0.2, 0) is 29.1 Å². The second-order valence-corrected chi connectivity index (χ2v) is 15.4. The highest BCUT2D eigenvalue weighted by Crippen LogP contribution is 2.22. The molecule has 0 atom stereocenters. The number of rotatable bonds is 17. The van der Waals surface area contributed by atoms with Gasteiger partial charge in [0.25, 0.3) is 11.8 Å². The first kappa shape index (κ1) is 44.4. The number of carbonyl (C=O) groups is 4. The predicted molar refractivity (Wildman–Crippen MR) is 225 cm³/mol. The van der Waals surface area contributed by atoms with Gasteiger partial charge in [0.1, 0.15) is 10.8 Å². The maximum atomic E-state index is 13.6. The molecule has 0 aliphatic carbocycles. The maximum Gasteiger partial charge on any atom is 0.410 e. The van der Waals surface area contributed by atoms with Crippen LogP contribution < -0.4 is 10.6 Å². The number of pyridine rings is 1. The van der Waals surface area contributed by atoms with Crippen LogP contribution in [0.15, 0.2) is 84.9 Å². The molecule has 4 aromatic rings. The minimum Gasteiger partial charge on any atom is -0.465 e. The van der Waals surface area contributed by atoms with Gasteiger partial charge in [0.05, 0.1) is 18.4 Å². The number of nitrogens with zero attached hydrogens (tertiary/aromatic N) is 4. The van der Waals surface area contributed by atoms with Crippen molar-refractivity contribution in [2.75, 3.05) is 44.9 Å². The van der Waals surface area contributed by atoms with Gasteiger partial charge in [-0.1, -0.05) is 61.8 Å². The Hall–Kier alpha value is -5.30. The summed E-state index contributed by atoms with van der Waals surface area (Å²) in [7, 11) is 5.10. The highest BCUT2D eigenvalue weighted by molar-refractivity contribution is 6.29. The minimum absolute atomic E-state index is 0.0250. The van der Waals surface area contributed by atoms with Crippen LogP contribution in [0.2, 0.25) is 5.15 Å². The number of esters is 1. The van der Waals surface area contributed by atoms with Crippen LogP contribution in [0.25, 0.3) is 0 Å². The first-order chi connectivity index (χ1) is 27.1. The lowest BCUT2D eigenvalue weighted by molar-refractivity contribution is 0.0269. The molecule has 0 fully saturated rings. The topological polar surface area (TPSA) is 133 Å². The number of halogens is 1. The van der Waals surface area contributed by atoms with Crippen molar-refractivity contribution in [3.8, 4) is 0 Å². The van der Waals surface area contributed by atoms with Gasteiger partial charge in [-0.25, -0.2) is 14.6 Å². The van der Waals surface area contributed by atoms with Gasteiger partial charge in [-0.15, -0.1) is 0 Å². The lowest BCUT2D eigenvalue weighted by Gasteiger charge is -2.32. The van der Waals surface area contributed by atoms with Crippen molar-refractivity contribution in [3.63, 3.8) is 0 Å². The maximum absolute atomic E-state index is 13.6. The Morgan fingerprint density at radius 3 is 1.98 bits per heavy atom. The summed E-state index contributed by atoms with van der Waals surface area (Å²) < 4.78 is 10.3. The number of hydrogen-bond acceptors (Lipinski definition) is 9. The van der Waals surface area contributed by atoms with Gasteiger partial charge in [0.2, 0.25) is 0 Å². The molecule has 0 saturated heterocycles. The van der Waals surface area contributed by atoms with Gasteiger partial charge in [-0.2, -0.15) is 0 Å². The highest BCUT2D eigenvalue weighted by Gasteiger charge is 2.23. The average Bonchev–Trinajstić information content (AvgIpc) is 3.17. The van der Waals surface area contributed by atoms with Gasteiger partial charge >= 0.3 is 12.1 Å². The molecule has 0 aliphatic heterocycles. The number of anilines is 2. The summed E-state index contributed by atoms with van der Waals surface area (Å²) in [4.78, 5) is 61.8. The van der Waals surface area contributed by atoms with Crippen LogP contribution in [-0.4, -0.2) is 89.5 Å². The molecule has 0 radical (unpaired) electrons. The molecule has 3 aromatic carbocycles. The van der Waals surface area contributed by atoms with E-state index in [9.17, 15) is 19.2 Å². The molecular weight excluding hydrogens is 744 g/mol. The first-order valence-corrected chi connectivity index (χ1v) is 19.5. The molecule has 1 aromatic heterocycles. The number of carbonyl (C=O) groups excluding carboxylic acids is 4. The molecule has 304 valence electrons.